The van der Waals surface area contributed by atoms with E-state index < -0.39 is 6.10 Å². The summed E-state index contributed by atoms with van der Waals surface area (Å²) in [6.45, 7) is 1.02. The number of aliphatic hydroxyl groups excluding tert-OH is 1. The predicted octanol–water partition coefficient (Wildman–Crippen LogP) is 2.51. The van der Waals surface area contributed by atoms with E-state index in [1.165, 1.54) is 0 Å². The smallest absolute Gasteiger partial charge is 0.321 e. The molecule has 1 saturated heterocycles. The van der Waals surface area contributed by atoms with Gasteiger partial charge in [-0.3, -0.25) is 0 Å². The number of urea groups is 1. The first kappa shape index (κ1) is 14.9. The van der Waals surface area contributed by atoms with E-state index in [1.807, 2.05) is 6.07 Å². The Morgan fingerprint density at radius 2 is 2.32 bits per heavy atom. The second-order valence-corrected chi connectivity index (χ2v) is 5.70. The van der Waals surface area contributed by atoms with Crippen LogP contribution in [0.3, 0.4) is 0 Å². The highest BCUT2D eigenvalue weighted by Gasteiger charge is 2.22. The molecule has 1 unspecified atom stereocenters. The fourth-order valence-corrected chi connectivity index (χ4v) is 2.79. The number of β-amino-alcohol motifs (C(OH)–C–C–N with tert-alkyl or cyclic N) is 1. The van der Waals surface area contributed by atoms with Crippen molar-refractivity contribution in [1.29, 1.82) is 0 Å². The fraction of sp³-hybridized carbons (Fsp3) is 0.333. The van der Waals surface area contributed by atoms with Gasteiger partial charge in [-0.25, -0.2) is 9.48 Å². The van der Waals surface area contributed by atoms with Crippen molar-refractivity contribution in [1.82, 2.24) is 14.7 Å². The summed E-state index contributed by atoms with van der Waals surface area (Å²) in [5.74, 6) is 0. The molecule has 6 nitrogen and oxygen atoms in total. The molecule has 1 aliphatic heterocycles. The van der Waals surface area contributed by atoms with Gasteiger partial charge in [0, 0.05) is 31.2 Å². The Bertz CT molecular complexity index is 660. The molecule has 0 aliphatic carbocycles. The molecule has 2 amide bonds. The highest BCUT2D eigenvalue weighted by Crippen LogP contribution is 2.24. The van der Waals surface area contributed by atoms with Crippen molar-refractivity contribution in [2.24, 2.45) is 0 Å². The summed E-state index contributed by atoms with van der Waals surface area (Å²) in [5.41, 5.74) is 1.36. The van der Waals surface area contributed by atoms with Gasteiger partial charge in [-0.15, -0.1) is 0 Å². The Labute approximate surface area is 133 Å². The van der Waals surface area contributed by atoms with E-state index in [0.29, 0.717) is 23.8 Å². The lowest BCUT2D eigenvalue weighted by Gasteiger charge is -2.30. The molecule has 2 N–H and O–H groups in total. The first-order valence-electron chi connectivity index (χ1n) is 7.17. The average molecular weight is 321 g/mol. The summed E-state index contributed by atoms with van der Waals surface area (Å²) >= 11 is 6.25. The zero-order chi connectivity index (χ0) is 15.5. The van der Waals surface area contributed by atoms with E-state index in [0.717, 1.165) is 18.5 Å². The lowest BCUT2D eigenvalue weighted by Crippen LogP contribution is -2.44. The van der Waals surface area contributed by atoms with E-state index in [9.17, 15) is 9.90 Å². The fourth-order valence-electron chi connectivity index (χ4n) is 2.52. The minimum Gasteiger partial charge on any atom is -0.391 e. The van der Waals surface area contributed by atoms with Crippen LogP contribution >= 0.6 is 11.6 Å². The molecule has 2 aromatic rings. The van der Waals surface area contributed by atoms with Crippen LogP contribution in [0.5, 0.6) is 0 Å². The number of rotatable bonds is 2. The zero-order valence-electron chi connectivity index (χ0n) is 11.9. The maximum atomic E-state index is 12.2. The number of aliphatic hydroxyl groups is 1. The number of halogens is 1. The van der Waals surface area contributed by atoms with E-state index in [4.69, 9.17) is 11.6 Å². The number of hydrogen-bond donors (Lipinski definition) is 2. The predicted molar refractivity (Wildman–Crippen MR) is 84.4 cm³/mol. The van der Waals surface area contributed by atoms with Crippen LogP contribution in [0.15, 0.2) is 36.7 Å². The number of nitrogens with zero attached hydrogens (tertiary/aromatic N) is 3. The monoisotopic (exact) mass is 320 g/mol. The highest BCUT2D eigenvalue weighted by atomic mass is 35.5. The number of anilines is 1. The summed E-state index contributed by atoms with van der Waals surface area (Å²) in [5, 5.41) is 17.1. The standard InChI is InChI=1S/C15H17ClN4O2/c16-13-9-11(4-5-14(13)20-8-2-6-17-20)18-15(22)19-7-1-3-12(21)10-19/h2,4-6,8-9,12,21H,1,3,7,10H2,(H,18,22). The molecule has 1 aromatic heterocycles. The molecule has 2 heterocycles. The molecule has 22 heavy (non-hydrogen) atoms. The summed E-state index contributed by atoms with van der Waals surface area (Å²) in [4.78, 5) is 13.8. The van der Waals surface area contributed by atoms with Crippen molar-refractivity contribution in [2.45, 2.75) is 18.9 Å². The first-order valence-corrected chi connectivity index (χ1v) is 7.55. The SMILES string of the molecule is O=C(Nc1ccc(-n2cccn2)c(Cl)c1)N1CCCC(O)C1. The van der Waals surface area contributed by atoms with E-state index in [-0.39, 0.29) is 6.03 Å². The molecular formula is C15H17ClN4O2. The number of benzene rings is 1. The molecule has 1 atom stereocenters. The number of piperidine rings is 1. The van der Waals surface area contributed by atoms with Gasteiger partial charge in [0.1, 0.15) is 0 Å². The zero-order valence-corrected chi connectivity index (χ0v) is 12.7. The molecule has 0 radical (unpaired) electrons. The van der Waals surface area contributed by atoms with Crippen molar-refractivity contribution >= 4 is 23.3 Å². The van der Waals surface area contributed by atoms with Crippen LogP contribution in [0, 0.1) is 0 Å². The summed E-state index contributed by atoms with van der Waals surface area (Å²) in [7, 11) is 0. The van der Waals surface area contributed by atoms with Crippen LogP contribution in [0.1, 0.15) is 12.8 Å². The van der Waals surface area contributed by atoms with Gasteiger partial charge in [-0.05, 0) is 37.1 Å². The normalized spacial score (nSPS) is 18.3. The van der Waals surface area contributed by atoms with Gasteiger partial charge in [0.2, 0.25) is 0 Å². The number of amides is 2. The van der Waals surface area contributed by atoms with Crippen LogP contribution in [0.4, 0.5) is 10.5 Å². The Morgan fingerprint density at radius 3 is 3.00 bits per heavy atom. The van der Waals surface area contributed by atoms with E-state index in [1.54, 1.807) is 40.2 Å². The maximum absolute atomic E-state index is 12.2. The summed E-state index contributed by atoms with van der Waals surface area (Å²) in [6.07, 6.45) is 4.59. The molecule has 116 valence electrons. The van der Waals surface area contributed by atoms with E-state index in [2.05, 4.69) is 10.4 Å². The summed E-state index contributed by atoms with van der Waals surface area (Å²) in [6, 6.07) is 6.86. The largest absolute Gasteiger partial charge is 0.391 e. The first-order chi connectivity index (χ1) is 10.6. The Morgan fingerprint density at radius 1 is 1.45 bits per heavy atom. The van der Waals surface area contributed by atoms with Crippen LogP contribution in [0.25, 0.3) is 5.69 Å². The van der Waals surface area contributed by atoms with Crippen LogP contribution in [-0.2, 0) is 0 Å². The number of carbonyl (C=O) groups excluding carboxylic acids is 1. The van der Waals surface area contributed by atoms with Gasteiger partial charge in [0.15, 0.2) is 0 Å². The molecule has 7 heteroatoms. The minimum atomic E-state index is -0.440. The van der Waals surface area contributed by atoms with Gasteiger partial charge in [0.25, 0.3) is 0 Å². The van der Waals surface area contributed by atoms with Gasteiger partial charge in [-0.1, -0.05) is 11.6 Å². The Kier molecular flexibility index (Phi) is 4.31. The molecular weight excluding hydrogens is 304 g/mol. The van der Waals surface area contributed by atoms with Crippen LogP contribution < -0.4 is 5.32 Å². The van der Waals surface area contributed by atoms with Crippen LogP contribution in [-0.4, -0.2) is 45.0 Å². The number of hydrogen-bond acceptors (Lipinski definition) is 3. The average Bonchev–Trinajstić information content (AvgIpc) is 3.01. The highest BCUT2D eigenvalue weighted by molar-refractivity contribution is 6.32. The van der Waals surface area contributed by atoms with Gasteiger partial charge >= 0.3 is 6.03 Å². The number of aromatic nitrogens is 2. The Balaban J connectivity index is 1.70. The third-order valence-electron chi connectivity index (χ3n) is 3.63. The van der Waals surface area contributed by atoms with Crippen molar-refractivity contribution in [3.05, 3.63) is 41.7 Å². The van der Waals surface area contributed by atoms with Gasteiger partial charge in [-0.2, -0.15) is 5.10 Å². The summed E-state index contributed by atoms with van der Waals surface area (Å²) < 4.78 is 1.66. The third kappa shape index (κ3) is 3.23. The number of carbonyl (C=O) groups is 1. The van der Waals surface area contributed by atoms with Gasteiger partial charge in [0.05, 0.1) is 16.8 Å². The van der Waals surface area contributed by atoms with Crippen molar-refractivity contribution in [2.75, 3.05) is 18.4 Å². The van der Waals surface area contributed by atoms with Crippen molar-refractivity contribution in [3.63, 3.8) is 0 Å². The lowest BCUT2D eigenvalue weighted by molar-refractivity contribution is 0.0883. The second kappa shape index (κ2) is 6.37. The topological polar surface area (TPSA) is 70.4 Å². The molecule has 1 aliphatic rings. The van der Waals surface area contributed by atoms with E-state index >= 15 is 0 Å². The van der Waals surface area contributed by atoms with Crippen molar-refractivity contribution in [3.8, 4) is 5.69 Å². The van der Waals surface area contributed by atoms with Gasteiger partial charge < -0.3 is 15.3 Å². The molecule has 3 rings (SSSR count). The van der Waals surface area contributed by atoms with Crippen LogP contribution in [0.2, 0.25) is 5.02 Å². The molecule has 0 spiro atoms. The third-order valence-corrected chi connectivity index (χ3v) is 3.94. The number of likely N-dealkylation sites (tertiary alicyclic amines) is 1. The lowest BCUT2D eigenvalue weighted by atomic mass is 10.1. The quantitative estimate of drug-likeness (QED) is 0.893. The molecule has 1 fully saturated rings. The second-order valence-electron chi connectivity index (χ2n) is 5.29. The molecule has 1 aromatic carbocycles. The molecule has 0 bridgehead atoms. The van der Waals surface area contributed by atoms with Crippen molar-refractivity contribution < 1.29 is 9.90 Å². The maximum Gasteiger partial charge on any atom is 0.321 e. The number of nitrogens with one attached hydrogen (secondary N) is 1. The minimum absolute atomic E-state index is 0.221. The molecule has 0 saturated carbocycles. The Hall–Kier alpha value is -2.05.